The lowest BCUT2D eigenvalue weighted by atomic mass is 10.2. The van der Waals surface area contributed by atoms with Crippen molar-refractivity contribution >= 4 is 40.5 Å². The van der Waals surface area contributed by atoms with Crippen molar-refractivity contribution in [1.82, 2.24) is 0 Å². The predicted molar refractivity (Wildman–Crippen MR) is 110 cm³/mol. The molecule has 0 saturated heterocycles. The average Bonchev–Trinajstić information content (AvgIpc) is 2.73. The molecule has 0 atom stereocenters. The van der Waals surface area contributed by atoms with E-state index < -0.39 is 4.92 Å². The fourth-order valence-corrected chi connectivity index (χ4v) is 2.90. The highest BCUT2D eigenvalue weighted by atomic mass is 32.2. The third-order valence-electron chi connectivity index (χ3n) is 3.93. The average molecular weight is 428 g/mol. The van der Waals surface area contributed by atoms with Gasteiger partial charge in [0.15, 0.2) is 0 Å². The molecule has 0 aliphatic heterocycles. The monoisotopic (exact) mass is 428 g/mol. The predicted octanol–water partition coefficient (Wildman–Crippen LogP) is 6.20. The maximum absolute atomic E-state index is 11.4. The molecule has 0 amide bonds. The van der Waals surface area contributed by atoms with Gasteiger partial charge in [-0.2, -0.15) is 10.2 Å². The second kappa shape index (κ2) is 9.80. The van der Waals surface area contributed by atoms with Crippen LogP contribution in [-0.4, -0.2) is 15.3 Å². The highest BCUT2D eigenvalue weighted by Crippen LogP contribution is 2.33. The van der Waals surface area contributed by atoms with Crippen LogP contribution in [0.1, 0.15) is 5.56 Å². The Labute approximate surface area is 175 Å². The summed E-state index contributed by atoms with van der Waals surface area (Å²) in [4.78, 5) is 11.2. The molecule has 0 aliphatic carbocycles. The first-order valence-electron chi connectivity index (χ1n) is 8.48. The van der Waals surface area contributed by atoms with E-state index in [-0.39, 0.29) is 17.1 Å². The van der Waals surface area contributed by atoms with Crippen LogP contribution in [0.2, 0.25) is 0 Å². The van der Waals surface area contributed by atoms with Crippen LogP contribution < -0.4 is 5.32 Å². The second-order valence-corrected chi connectivity index (χ2v) is 6.78. The van der Waals surface area contributed by atoms with E-state index in [2.05, 4.69) is 24.9 Å². The molecule has 0 unspecified atom stereocenters. The number of aryl methyl sites for hydroxylation is 1. The number of phenols is 1. The summed E-state index contributed by atoms with van der Waals surface area (Å²) >= 11 is 0.633. The zero-order chi connectivity index (χ0) is 21.5. The number of phenolic OH excluding ortho intramolecular Hbond substituents is 1. The van der Waals surface area contributed by atoms with Crippen molar-refractivity contribution in [1.29, 1.82) is 0 Å². The van der Waals surface area contributed by atoms with E-state index in [4.69, 9.17) is 5.26 Å². The number of hydrogen-bond donors (Lipinski definition) is 3. The van der Waals surface area contributed by atoms with E-state index in [1.807, 2.05) is 6.92 Å². The van der Waals surface area contributed by atoms with E-state index in [1.165, 1.54) is 18.2 Å². The number of rotatable bonds is 8. The molecule has 3 aromatic carbocycles. The van der Waals surface area contributed by atoms with E-state index >= 15 is 0 Å². The zero-order valence-electron chi connectivity index (χ0n) is 15.6. The van der Waals surface area contributed by atoms with Gasteiger partial charge in [0.05, 0.1) is 28.3 Å². The Morgan fingerprint density at radius 1 is 1.07 bits per heavy atom. The van der Waals surface area contributed by atoms with Gasteiger partial charge in [-0.15, -0.1) is 4.33 Å². The van der Waals surface area contributed by atoms with Gasteiger partial charge in [0.25, 0.3) is 5.69 Å². The van der Waals surface area contributed by atoms with Crippen molar-refractivity contribution in [3.8, 4) is 5.75 Å². The molecule has 30 heavy (non-hydrogen) atoms. The first-order valence-corrected chi connectivity index (χ1v) is 9.22. The molecule has 3 N–H and O–H groups in total. The highest BCUT2D eigenvalue weighted by molar-refractivity contribution is 7.94. The molecule has 0 bridgehead atoms. The maximum atomic E-state index is 11.4. The summed E-state index contributed by atoms with van der Waals surface area (Å²) in [5, 5.41) is 43.8. The van der Waals surface area contributed by atoms with Gasteiger partial charge < -0.3 is 10.4 Å². The number of azo groups is 1. The first kappa shape index (κ1) is 21.2. The van der Waals surface area contributed by atoms with Crippen LogP contribution in [0.5, 0.6) is 5.75 Å². The Balaban J connectivity index is 1.74. The standard InChI is InChI=1S/C19H16N4O6S/c1-12-10-15(24)6-8-17(12)22-21-14-4-2-13(3-5-14)20-18-9-7-16(30-29-28-27)11-19(18)23(25)26/h2-11,20,24,27H,1H3/b22-21+. The van der Waals surface area contributed by atoms with Crippen LogP contribution in [0.3, 0.4) is 0 Å². The van der Waals surface area contributed by atoms with Crippen molar-refractivity contribution in [3.05, 3.63) is 76.3 Å². The molecule has 0 aromatic heterocycles. The van der Waals surface area contributed by atoms with Gasteiger partial charge in [0.2, 0.25) is 0 Å². The van der Waals surface area contributed by atoms with Crippen LogP contribution in [0.4, 0.5) is 28.4 Å². The minimum absolute atomic E-state index is 0.164. The number of nitrogens with one attached hydrogen (secondary N) is 1. The minimum Gasteiger partial charge on any atom is -0.508 e. The molecule has 154 valence electrons. The fourth-order valence-electron chi connectivity index (χ4n) is 2.50. The van der Waals surface area contributed by atoms with Crippen LogP contribution in [-0.2, 0) is 9.37 Å². The van der Waals surface area contributed by atoms with Crippen molar-refractivity contribution in [3.63, 3.8) is 0 Å². The Hall–Kier alpha value is -3.51. The van der Waals surface area contributed by atoms with E-state index in [9.17, 15) is 15.2 Å². The summed E-state index contributed by atoms with van der Waals surface area (Å²) in [6.07, 6.45) is 0. The fraction of sp³-hybridized carbons (Fsp3) is 0.0526. The van der Waals surface area contributed by atoms with Crippen molar-refractivity contribution in [2.24, 2.45) is 10.2 Å². The Morgan fingerprint density at radius 3 is 2.50 bits per heavy atom. The van der Waals surface area contributed by atoms with Crippen molar-refractivity contribution in [2.45, 2.75) is 11.8 Å². The van der Waals surface area contributed by atoms with Crippen LogP contribution >= 0.6 is 12.0 Å². The van der Waals surface area contributed by atoms with Gasteiger partial charge in [0, 0.05) is 16.6 Å². The lowest BCUT2D eigenvalue weighted by Gasteiger charge is -2.08. The molecule has 10 nitrogen and oxygen atoms in total. The van der Waals surface area contributed by atoms with Gasteiger partial charge in [-0.1, -0.05) is 5.04 Å². The first-order chi connectivity index (χ1) is 14.5. The summed E-state index contributed by atoms with van der Waals surface area (Å²) in [6.45, 7) is 1.82. The van der Waals surface area contributed by atoms with E-state index in [0.29, 0.717) is 34.0 Å². The number of nitrogens with zero attached hydrogens (tertiary/aromatic N) is 3. The third kappa shape index (κ3) is 5.52. The van der Waals surface area contributed by atoms with E-state index in [1.54, 1.807) is 42.5 Å². The molecule has 3 aromatic rings. The topological polar surface area (TPSA) is 139 Å². The molecular formula is C19H16N4O6S. The summed E-state index contributed by atoms with van der Waals surface area (Å²) in [7, 11) is 0. The number of benzene rings is 3. The molecule has 0 heterocycles. The Bertz CT molecular complexity index is 1080. The molecule has 0 radical (unpaired) electrons. The molecule has 3 rings (SSSR count). The number of nitro groups is 1. The lowest BCUT2D eigenvalue weighted by molar-refractivity contribution is -0.432. The Morgan fingerprint density at radius 2 is 1.83 bits per heavy atom. The number of aromatic hydroxyl groups is 1. The normalized spacial score (nSPS) is 11.0. The maximum Gasteiger partial charge on any atom is 0.293 e. The smallest absolute Gasteiger partial charge is 0.293 e. The molecule has 0 saturated carbocycles. The van der Waals surface area contributed by atoms with Gasteiger partial charge in [0.1, 0.15) is 11.4 Å². The Kier molecular flexibility index (Phi) is 6.93. The van der Waals surface area contributed by atoms with Crippen LogP contribution in [0.25, 0.3) is 0 Å². The summed E-state index contributed by atoms with van der Waals surface area (Å²) in [6, 6.07) is 16.0. The number of nitro benzene ring substituents is 1. The summed E-state index contributed by atoms with van der Waals surface area (Å²) < 4.78 is 4.29. The third-order valence-corrected chi connectivity index (χ3v) is 4.50. The lowest BCUT2D eigenvalue weighted by Crippen LogP contribution is -1.97. The van der Waals surface area contributed by atoms with E-state index in [0.717, 1.165) is 5.56 Å². The van der Waals surface area contributed by atoms with Gasteiger partial charge in [-0.25, -0.2) is 5.26 Å². The summed E-state index contributed by atoms with van der Waals surface area (Å²) in [5.41, 5.74) is 2.75. The number of hydrogen-bond acceptors (Lipinski definition) is 10. The summed E-state index contributed by atoms with van der Waals surface area (Å²) in [5.74, 6) is 0.164. The number of anilines is 2. The van der Waals surface area contributed by atoms with Crippen LogP contribution in [0.15, 0.2) is 75.8 Å². The van der Waals surface area contributed by atoms with Gasteiger partial charge >= 0.3 is 0 Å². The molecule has 11 heteroatoms. The second-order valence-electron chi connectivity index (χ2n) is 6.00. The quantitative estimate of drug-likeness (QED) is 0.127. The van der Waals surface area contributed by atoms with Crippen molar-refractivity contribution < 1.29 is 24.7 Å². The molecule has 0 spiro atoms. The molecule has 0 aliphatic rings. The largest absolute Gasteiger partial charge is 0.508 e. The van der Waals surface area contributed by atoms with Crippen molar-refractivity contribution in [2.75, 3.05) is 5.32 Å². The molecular weight excluding hydrogens is 412 g/mol. The SMILES string of the molecule is Cc1cc(O)ccc1/N=N/c1ccc(Nc2ccc(SOOO)cc2[N+](=O)[O-])cc1. The minimum atomic E-state index is -0.533. The highest BCUT2D eigenvalue weighted by Gasteiger charge is 2.15. The van der Waals surface area contributed by atoms with Crippen LogP contribution in [0, 0.1) is 17.0 Å². The van der Waals surface area contributed by atoms with Gasteiger partial charge in [-0.05, 0) is 67.1 Å². The zero-order valence-corrected chi connectivity index (χ0v) is 16.4. The molecule has 0 fully saturated rings. The van der Waals surface area contributed by atoms with Gasteiger partial charge in [-0.3, -0.25) is 10.1 Å².